The third kappa shape index (κ3) is 3.98. The molecule has 0 aromatic heterocycles. The third-order valence-electron chi connectivity index (χ3n) is 4.87. The molecule has 150 valence electrons. The number of carbonyl (C=O) groups is 1. The molecule has 2 aromatic rings. The van der Waals surface area contributed by atoms with E-state index in [1.54, 1.807) is 61.6 Å². The summed E-state index contributed by atoms with van der Waals surface area (Å²) in [4.78, 5) is 14.6. The lowest BCUT2D eigenvalue weighted by Crippen LogP contribution is -2.50. The first kappa shape index (κ1) is 20.2. The minimum Gasteiger partial charge on any atom is -0.497 e. The molecule has 0 spiro atoms. The molecule has 3 rings (SSSR count). The molecule has 8 heteroatoms. The van der Waals surface area contributed by atoms with Crippen LogP contribution in [0.4, 0.5) is 0 Å². The van der Waals surface area contributed by atoms with Crippen molar-refractivity contribution in [3.8, 4) is 11.5 Å². The smallest absolute Gasteiger partial charge is 0.253 e. The van der Waals surface area contributed by atoms with Crippen LogP contribution < -0.4 is 9.47 Å². The van der Waals surface area contributed by atoms with Gasteiger partial charge in [-0.2, -0.15) is 4.31 Å². The van der Waals surface area contributed by atoms with Gasteiger partial charge < -0.3 is 14.4 Å². The van der Waals surface area contributed by atoms with Gasteiger partial charge in [-0.3, -0.25) is 4.79 Å². The van der Waals surface area contributed by atoms with Crippen molar-refractivity contribution < 1.29 is 22.7 Å². The average molecular weight is 404 g/mol. The monoisotopic (exact) mass is 404 g/mol. The zero-order valence-corrected chi connectivity index (χ0v) is 17.0. The van der Waals surface area contributed by atoms with E-state index in [4.69, 9.17) is 9.47 Å². The maximum absolute atomic E-state index is 12.9. The molecule has 0 bridgehead atoms. The quantitative estimate of drug-likeness (QED) is 0.763. The molecular weight excluding hydrogens is 380 g/mol. The van der Waals surface area contributed by atoms with Gasteiger partial charge in [-0.15, -0.1) is 0 Å². The zero-order chi connectivity index (χ0) is 20.3. The molecule has 0 atom stereocenters. The van der Waals surface area contributed by atoms with Gasteiger partial charge in [0.25, 0.3) is 5.91 Å². The first-order valence-corrected chi connectivity index (χ1v) is 10.4. The fourth-order valence-corrected chi connectivity index (χ4v) is 4.72. The summed E-state index contributed by atoms with van der Waals surface area (Å²) < 4.78 is 37.6. The number of nitrogens with zero attached hydrogens (tertiary/aromatic N) is 2. The van der Waals surface area contributed by atoms with E-state index in [1.807, 2.05) is 6.92 Å². The van der Waals surface area contributed by atoms with Gasteiger partial charge in [-0.1, -0.05) is 0 Å². The summed E-state index contributed by atoms with van der Waals surface area (Å²) in [7, 11) is -0.488. The molecule has 0 radical (unpaired) electrons. The van der Waals surface area contributed by atoms with E-state index in [0.29, 0.717) is 30.2 Å². The van der Waals surface area contributed by atoms with E-state index in [0.717, 1.165) is 5.56 Å². The molecule has 1 aliphatic heterocycles. The number of ether oxygens (including phenoxy) is 2. The van der Waals surface area contributed by atoms with Crippen molar-refractivity contribution in [2.45, 2.75) is 11.8 Å². The van der Waals surface area contributed by atoms with E-state index in [9.17, 15) is 13.2 Å². The van der Waals surface area contributed by atoms with E-state index in [1.165, 1.54) is 4.31 Å². The first-order chi connectivity index (χ1) is 13.4. The summed E-state index contributed by atoms with van der Waals surface area (Å²) in [6.07, 6.45) is 0. The molecule has 2 aromatic carbocycles. The Bertz CT molecular complexity index is 949. The number of rotatable bonds is 5. The Morgan fingerprint density at radius 1 is 0.929 bits per heavy atom. The molecule has 7 nitrogen and oxygen atoms in total. The maximum atomic E-state index is 12.9. The van der Waals surface area contributed by atoms with Crippen LogP contribution in [0.3, 0.4) is 0 Å². The Hall–Kier alpha value is -2.58. The van der Waals surface area contributed by atoms with Gasteiger partial charge in [0.2, 0.25) is 10.0 Å². The average Bonchev–Trinajstić information content (AvgIpc) is 2.73. The van der Waals surface area contributed by atoms with Crippen LogP contribution in [0, 0.1) is 6.92 Å². The van der Waals surface area contributed by atoms with Gasteiger partial charge in [0, 0.05) is 31.7 Å². The molecule has 1 aliphatic rings. The molecule has 1 fully saturated rings. The number of aryl methyl sites for hydroxylation is 1. The molecule has 0 saturated carbocycles. The van der Waals surface area contributed by atoms with Crippen molar-refractivity contribution in [3.05, 3.63) is 53.6 Å². The predicted octanol–water partition coefficient (Wildman–Crippen LogP) is 2.16. The number of piperazine rings is 1. The summed E-state index contributed by atoms with van der Waals surface area (Å²) in [5.74, 6) is 1.22. The van der Waals surface area contributed by atoms with Crippen molar-refractivity contribution >= 4 is 15.9 Å². The van der Waals surface area contributed by atoms with Gasteiger partial charge in [0.05, 0.1) is 19.1 Å². The molecule has 0 aliphatic carbocycles. The third-order valence-corrected chi connectivity index (χ3v) is 6.76. The molecule has 0 unspecified atom stereocenters. The number of methoxy groups -OCH3 is 2. The fourth-order valence-electron chi connectivity index (χ4n) is 3.21. The second-order valence-electron chi connectivity index (χ2n) is 6.56. The van der Waals surface area contributed by atoms with Crippen LogP contribution in [0.5, 0.6) is 11.5 Å². The first-order valence-electron chi connectivity index (χ1n) is 8.95. The molecule has 1 amide bonds. The van der Waals surface area contributed by atoms with E-state index < -0.39 is 10.0 Å². The Labute approximate surface area is 165 Å². The van der Waals surface area contributed by atoms with Crippen LogP contribution >= 0.6 is 0 Å². The van der Waals surface area contributed by atoms with Crippen molar-refractivity contribution in [2.75, 3.05) is 40.4 Å². The predicted molar refractivity (Wildman–Crippen MR) is 105 cm³/mol. The van der Waals surface area contributed by atoms with Crippen LogP contribution in [-0.2, 0) is 10.0 Å². The zero-order valence-electron chi connectivity index (χ0n) is 16.2. The Kier molecular flexibility index (Phi) is 5.90. The maximum Gasteiger partial charge on any atom is 0.253 e. The summed E-state index contributed by atoms with van der Waals surface area (Å²) in [5, 5.41) is 0. The number of hydrogen-bond donors (Lipinski definition) is 0. The van der Waals surface area contributed by atoms with Crippen molar-refractivity contribution in [3.63, 3.8) is 0 Å². The van der Waals surface area contributed by atoms with Gasteiger partial charge in [-0.05, 0) is 55.0 Å². The van der Waals surface area contributed by atoms with Crippen molar-refractivity contribution in [1.82, 2.24) is 9.21 Å². The number of amides is 1. The van der Waals surface area contributed by atoms with Crippen LogP contribution in [0.1, 0.15) is 15.9 Å². The van der Waals surface area contributed by atoms with Crippen molar-refractivity contribution in [2.24, 2.45) is 0 Å². The highest BCUT2D eigenvalue weighted by Gasteiger charge is 2.30. The summed E-state index contributed by atoms with van der Waals surface area (Å²) in [6, 6.07) is 11.7. The molecule has 28 heavy (non-hydrogen) atoms. The van der Waals surface area contributed by atoms with Gasteiger partial charge in [0.1, 0.15) is 11.5 Å². The highest BCUT2D eigenvalue weighted by molar-refractivity contribution is 7.89. The Morgan fingerprint density at radius 2 is 1.57 bits per heavy atom. The fraction of sp³-hybridized carbons (Fsp3) is 0.350. The SMILES string of the molecule is COc1ccc(C(=O)N2CCN(S(=O)(=O)c3ccc(OC)c(C)c3)CC2)cc1. The van der Waals surface area contributed by atoms with Crippen LogP contribution in [0.25, 0.3) is 0 Å². The second-order valence-corrected chi connectivity index (χ2v) is 8.49. The standard InChI is InChI=1S/C20H24N2O5S/c1-15-14-18(8-9-19(15)27-3)28(24,25)22-12-10-21(11-13-22)20(23)16-4-6-17(26-2)7-5-16/h4-9,14H,10-13H2,1-3H3. The minimum absolute atomic E-state index is 0.111. The highest BCUT2D eigenvalue weighted by atomic mass is 32.2. The summed E-state index contributed by atoms with van der Waals surface area (Å²) in [5.41, 5.74) is 1.32. The highest BCUT2D eigenvalue weighted by Crippen LogP contribution is 2.24. The van der Waals surface area contributed by atoms with Crippen LogP contribution in [0.15, 0.2) is 47.4 Å². The van der Waals surface area contributed by atoms with Gasteiger partial charge in [0.15, 0.2) is 0 Å². The van der Waals surface area contributed by atoms with E-state index in [2.05, 4.69) is 0 Å². The van der Waals surface area contributed by atoms with Crippen LogP contribution in [0.2, 0.25) is 0 Å². The normalized spacial score (nSPS) is 15.3. The van der Waals surface area contributed by atoms with E-state index in [-0.39, 0.29) is 23.9 Å². The number of benzene rings is 2. The number of hydrogen-bond acceptors (Lipinski definition) is 5. The number of carbonyl (C=O) groups excluding carboxylic acids is 1. The molecule has 1 saturated heterocycles. The topological polar surface area (TPSA) is 76.2 Å². The summed E-state index contributed by atoms with van der Waals surface area (Å²) in [6.45, 7) is 3.02. The van der Waals surface area contributed by atoms with Crippen molar-refractivity contribution in [1.29, 1.82) is 0 Å². The lowest BCUT2D eigenvalue weighted by Gasteiger charge is -2.34. The summed E-state index contributed by atoms with van der Waals surface area (Å²) >= 11 is 0. The lowest BCUT2D eigenvalue weighted by molar-refractivity contribution is 0.0698. The van der Waals surface area contributed by atoms with Gasteiger partial charge >= 0.3 is 0 Å². The molecular formula is C20H24N2O5S. The Balaban J connectivity index is 1.68. The van der Waals surface area contributed by atoms with Crippen LogP contribution in [-0.4, -0.2) is 63.9 Å². The largest absolute Gasteiger partial charge is 0.497 e. The Morgan fingerprint density at radius 3 is 2.11 bits per heavy atom. The second kappa shape index (κ2) is 8.20. The number of sulfonamides is 1. The minimum atomic E-state index is -3.61. The van der Waals surface area contributed by atoms with Gasteiger partial charge in [-0.25, -0.2) is 8.42 Å². The van der Waals surface area contributed by atoms with E-state index >= 15 is 0 Å². The lowest BCUT2D eigenvalue weighted by atomic mass is 10.2. The molecule has 0 N–H and O–H groups in total. The molecule has 1 heterocycles.